The summed E-state index contributed by atoms with van der Waals surface area (Å²) in [7, 11) is -12.7. The third-order valence-corrected chi connectivity index (χ3v) is 32.0. The molecule has 7 aliphatic rings. The van der Waals surface area contributed by atoms with Gasteiger partial charge in [-0.3, -0.25) is 4.98 Å². The van der Waals surface area contributed by atoms with E-state index in [1.165, 1.54) is 81.6 Å². The van der Waals surface area contributed by atoms with E-state index in [9.17, 15) is 91.1 Å². The Kier molecular flexibility index (Phi) is 28.7. The Morgan fingerprint density at radius 1 is 0.369 bits per heavy atom. The van der Waals surface area contributed by atoms with Crippen LogP contribution in [0.15, 0.2) is 171 Å². The van der Waals surface area contributed by atoms with Gasteiger partial charge in [-0.1, -0.05) is 31.7 Å². The molecule has 9 aromatic heterocycles. The van der Waals surface area contributed by atoms with Gasteiger partial charge in [0.2, 0.25) is 29.7 Å². The molecule has 0 atom stereocenters. The van der Waals surface area contributed by atoms with Gasteiger partial charge in [-0.2, -0.15) is 52.7 Å². The third kappa shape index (κ3) is 21.2. The van der Waals surface area contributed by atoms with Crippen LogP contribution in [-0.4, -0.2) is 195 Å². The zero-order valence-corrected chi connectivity index (χ0v) is 77.2. The van der Waals surface area contributed by atoms with Crippen molar-refractivity contribution < 1.29 is 114 Å². The van der Waals surface area contributed by atoms with Crippen LogP contribution in [0, 0.1) is 31.3 Å². The van der Waals surface area contributed by atoms with E-state index in [1.54, 1.807) is 27.0 Å². The van der Waals surface area contributed by atoms with Crippen molar-refractivity contribution in [2.45, 2.75) is 133 Å². The fourth-order valence-corrected chi connectivity index (χ4v) is 21.8. The number of hydrogen-bond donors (Lipinski definition) is 3. The molecule has 141 heavy (non-hydrogen) atoms. The second-order valence-corrected chi connectivity index (χ2v) is 41.1. The summed E-state index contributed by atoms with van der Waals surface area (Å²) in [6, 6.07) is 22.7. The number of morpholine rings is 4. The minimum absolute atomic E-state index is 0. The number of nitrogens with two attached hydrogens (primary N) is 3. The van der Waals surface area contributed by atoms with E-state index in [4.69, 9.17) is 45.5 Å². The van der Waals surface area contributed by atoms with Crippen LogP contribution in [0.3, 0.4) is 0 Å². The standard InChI is InChI=1S/2C23H21F4N5O3S.C23H23F4N5O3S.C22H22F3N5O2.CH4/c24-14-1-3-15(4-2-14)36(33,34)22(5-6-22)19-12-18(30-21(31-19)32-7-9-35-10-8-32)16-13-29-20(28)11-17(16)23(25,26)27;24-16-3-1-2-4-18(16)36(33,34)22(5-6-22)19-12-17(30-21(31-19)32-7-9-35-10-8-32)14-13-29-20(28)11-15(14)23(25,26)27;1-22(2,36(33,34)18-6-4-3-5-16(18)24)19-12-17(30-21(31-19)32-7-9-35-10-8-32)14-13-29-20(28)11-15(14)23(25,26)27;1-13-9-16(22(23,24)25)15(12-26-13)17-10-18(21(3-4-21)19-27-11-14(2)32-19)29-20(28-17)30-5-7-31-8-6-30;/h2*1-4,11-13H,5-10H2,(H2,28,29);3-6,11-13H,7-10H2,1-2H3,(H2,28,29);9-12H,3-8H2,1-2H3;1H4. The first-order chi connectivity index (χ1) is 66.1. The molecule has 49 heteroatoms. The number of alkyl halides is 12. The SMILES string of the molecule is C.CC(C)(c1cc(-c2cnc(N)cc2C(F)(F)F)nc(N2CCOCC2)n1)S(=O)(=O)c1ccccc1F.Cc1cc(C(F)(F)F)c(-c2cc(C3(c4ncc(C)o4)CC3)nc(N3CCOCC3)n2)cn1.Nc1cc(C(F)(F)F)c(-c2cc(C3(S(=O)(=O)c4ccc(F)cc4)CC3)nc(N3CCOCC3)n2)cn1.Nc1cc(C(F)(F)F)c(-c2cc(C3(S(=O)(=O)c4ccccc4F)CC3)nc(N3CCOCC3)n2)cn1. The van der Waals surface area contributed by atoms with Gasteiger partial charge < -0.3 is 60.2 Å². The number of halogens is 15. The molecule has 3 aromatic carbocycles. The number of aryl methyl sites for hydroxylation is 2. The Hall–Kier alpha value is -13.0. The molecule has 3 saturated carbocycles. The molecule has 12 aromatic rings. The molecule has 0 spiro atoms. The number of sulfone groups is 3. The predicted octanol–water partition coefficient (Wildman–Crippen LogP) is 15.7. The maximum Gasteiger partial charge on any atom is 0.417 e. The van der Waals surface area contributed by atoms with E-state index in [0.717, 1.165) is 73.9 Å². The minimum atomic E-state index is -4.79. The molecule has 4 aliphatic heterocycles. The molecular weight excluding hydrogens is 1940 g/mol. The molecule has 748 valence electrons. The summed E-state index contributed by atoms with van der Waals surface area (Å²) < 4.78 is 313. The zero-order valence-electron chi connectivity index (χ0n) is 74.7. The van der Waals surface area contributed by atoms with Gasteiger partial charge in [0.05, 0.1) is 137 Å². The van der Waals surface area contributed by atoms with Crippen molar-refractivity contribution in [3.8, 4) is 45.0 Å². The average Bonchev–Trinajstić information content (AvgIpc) is 1.53. The van der Waals surface area contributed by atoms with Gasteiger partial charge >= 0.3 is 24.7 Å². The first kappa shape index (κ1) is 102. The fraction of sp³-hybridized carbons (Fsp3) is 0.380. The number of benzene rings is 3. The van der Waals surface area contributed by atoms with E-state index in [-0.39, 0.29) is 136 Å². The molecule has 13 heterocycles. The molecule has 0 unspecified atom stereocenters. The van der Waals surface area contributed by atoms with E-state index >= 15 is 0 Å². The number of pyridine rings is 4. The average molecular weight is 2030 g/mol. The summed E-state index contributed by atoms with van der Waals surface area (Å²) in [4.78, 5) is 61.6. The number of ether oxygens (including phenoxy) is 4. The van der Waals surface area contributed by atoms with Crippen LogP contribution in [0.1, 0.15) is 122 Å². The zero-order chi connectivity index (χ0) is 100. The van der Waals surface area contributed by atoms with Crippen LogP contribution in [0.4, 0.5) is 107 Å². The lowest BCUT2D eigenvalue weighted by molar-refractivity contribution is -0.138. The highest BCUT2D eigenvalue weighted by Crippen LogP contribution is 2.59. The Morgan fingerprint density at radius 2 is 0.702 bits per heavy atom. The van der Waals surface area contributed by atoms with Crippen LogP contribution < -0.4 is 36.8 Å². The second-order valence-electron chi connectivity index (χ2n) is 34.2. The largest absolute Gasteiger partial charge is 0.445 e. The first-order valence-electron chi connectivity index (χ1n) is 43.5. The van der Waals surface area contributed by atoms with E-state index < -0.39 is 129 Å². The van der Waals surface area contributed by atoms with Crippen LogP contribution in [0.25, 0.3) is 45.0 Å². The predicted molar refractivity (Wildman–Crippen MR) is 485 cm³/mol. The highest BCUT2D eigenvalue weighted by Gasteiger charge is 2.61. The van der Waals surface area contributed by atoms with Crippen molar-refractivity contribution in [3.05, 3.63) is 232 Å². The summed E-state index contributed by atoms with van der Waals surface area (Å²) in [6.07, 6.45) is -10.9. The van der Waals surface area contributed by atoms with Gasteiger partial charge in [-0.25, -0.2) is 98.2 Å². The van der Waals surface area contributed by atoms with Gasteiger partial charge in [-0.15, -0.1) is 0 Å². The molecule has 6 N–H and O–H groups in total. The molecule has 7 fully saturated rings. The summed E-state index contributed by atoms with van der Waals surface area (Å²) in [6.45, 7) is 12.4. The fourth-order valence-electron chi connectivity index (χ4n) is 16.3. The summed E-state index contributed by atoms with van der Waals surface area (Å²) in [5.41, 5.74) is 11.4. The Balaban J connectivity index is 0.000000142. The van der Waals surface area contributed by atoms with Crippen LogP contribution in [0.2, 0.25) is 0 Å². The van der Waals surface area contributed by atoms with Gasteiger partial charge in [0, 0.05) is 105 Å². The summed E-state index contributed by atoms with van der Waals surface area (Å²) in [5, 5.41) is 0. The van der Waals surface area contributed by atoms with Gasteiger partial charge in [0.15, 0.2) is 29.5 Å². The smallest absolute Gasteiger partial charge is 0.417 e. The number of hydrogen-bond acceptors (Lipinski definition) is 31. The number of aromatic nitrogens is 13. The third-order valence-electron chi connectivity index (χ3n) is 24.5. The lowest BCUT2D eigenvalue weighted by Gasteiger charge is -2.30. The Labute approximate surface area is 797 Å². The molecule has 3 aliphatic carbocycles. The minimum Gasteiger partial charge on any atom is -0.445 e. The quantitative estimate of drug-likeness (QED) is 0.0500. The summed E-state index contributed by atoms with van der Waals surface area (Å²) >= 11 is 0. The topological polar surface area (TPSA) is 411 Å². The molecule has 0 bridgehead atoms. The van der Waals surface area contributed by atoms with Crippen molar-refractivity contribution >= 4 is 70.8 Å². The van der Waals surface area contributed by atoms with Gasteiger partial charge in [0.1, 0.15) is 64.7 Å². The van der Waals surface area contributed by atoms with E-state index in [2.05, 4.69) is 59.8 Å². The summed E-state index contributed by atoms with van der Waals surface area (Å²) in [5.74, 6) is -1.66. The van der Waals surface area contributed by atoms with Crippen molar-refractivity contribution in [2.75, 3.05) is 142 Å². The number of oxazole rings is 1. The van der Waals surface area contributed by atoms with Crippen molar-refractivity contribution in [2.24, 2.45) is 0 Å². The molecule has 19 rings (SSSR count). The normalized spacial score (nSPS) is 17.0. The van der Waals surface area contributed by atoms with Crippen LogP contribution >= 0.6 is 0 Å². The number of rotatable bonds is 19. The second kappa shape index (κ2) is 39.5. The lowest BCUT2D eigenvalue weighted by Crippen LogP contribution is -2.38. The highest BCUT2D eigenvalue weighted by atomic mass is 32.2. The molecular formula is C92H91F15N20O11S3. The van der Waals surface area contributed by atoms with Crippen LogP contribution in [0.5, 0.6) is 0 Å². The Bertz CT molecular complexity index is 6820. The van der Waals surface area contributed by atoms with Crippen molar-refractivity contribution in [3.63, 3.8) is 0 Å². The van der Waals surface area contributed by atoms with Gasteiger partial charge in [0.25, 0.3) is 0 Å². The van der Waals surface area contributed by atoms with Gasteiger partial charge in [-0.05, 0) is 163 Å². The molecule has 4 saturated heterocycles. The highest BCUT2D eigenvalue weighted by molar-refractivity contribution is 7.93. The maximum atomic E-state index is 14.5. The molecule has 0 amide bonds. The molecule has 31 nitrogen and oxygen atoms in total. The maximum absolute atomic E-state index is 14.5. The van der Waals surface area contributed by atoms with E-state index in [0.29, 0.717) is 147 Å². The van der Waals surface area contributed by atoms with Crippen LogP contribution in [-0.2, 0) is 92.8 Å². The first-order valence-corrected chi connectivity index (χ1v) is 47.9. The van der Waals surface area contributed by atoms with E-state index in [1.807, 2.05) is 11.8 Å². The number of nitrogen functional groups attached to an aromatic ring is 3. The van der Waals surface area contributed by atoms with Crippen molar-refractivity contribution in [1.29, 1.82) is 0 Å². The molecule has 0 radical (unpaired) electrons. The number of nitrogens with zero attached hydrogens (tertiary/aromatic N) is 17. The van der Waals surface area contributed by atoms with Crippen molar-refractivity contribution in [1.82, 2.24) is 64.8 Å². The monoisotopic (exact) mass is 2030 g/mol. The number of anilines is 7. The Morgan fingerprint density at radius 3 is 1.06 bits per heavy atom. The lowest BCUT2D eigenvalue weighted by atomic mass is 9.98.